The van der Waals surface area contributed by atoms with Crippen LogP contribution < -0.4 is 4.74 Å². The van der Waals surface area contributed by atoms with E-state index in [0.29, 0.717) is 16.9 Å². The number of carbonyl (C=O) groups excluding carboxylic acids is 2. The molecule has 0 amide bonds. The van der Waals surface area contributed by atoms with E-state index in [1.165, 1.54) is 32.0 Å². The van der Waals surface area contributed by atoms with Gasteiger partial charge in [-0.05, 0) is 43.3 Å². The molecule has 0 saturated carbocycles. The molecular weight excluding hydrogens is 396 g/mol. The predicted molar refractivity (Wildman–Crippen MR) is 106 cm³/mol. The summed E-state index contributed by atoms with van der Waals surface area (Å²) >= 11 is 0. The number of nitrogens with zero attached hydrogens (tertiary/aromatic N) is 2. The topological polar surface area (TPSA) is 102 Å². The first kappa shape index (κ1) is 20.5. The lowest BCUT2D eigenvalue weighted by molar-refractivity contribution is -0.146. The lowest BCUT2D eigenvalue weighted by atomic mass is 10.1. The van der Waals surface area contributed by atoms with Crippen molar-refractivity contribution in [3.05, 3.63) is 59.7 Å². The second kappa shape index (κ2) is 8.04. The van der Waals surface area contributed by atoms with Gasteiger partial charge in [-0.3, -0.25) is 9.59 Å². The highest BCUT2D eigenvalue weighted by atomic mass is 32.2. The van der Waals surface area contributed by atoms with Crippen molar-refractivity contribution in [1.82, 2.24) is 4.90 Å². The molecule has 0 aliphatic carbocycles. The number of ether oxygens (including phenoxy) is 2. The molecule has 0 unspecified atom stereocenters. The summed E-state index contributed by atoms with van der Waals surface area (Å²) in [6.07, 6.45) is -0.995. The fourth-order valence-electron chi connectivity index (χ4n) is 2.91. The molecule has 1 aliphatic rings. The number of amidine groups is 1. The Morgan fingerprint density at radius 3 is 2.41 bits per heavy atom. The third-order valence-corrected chi connectivity index (χ3v) is 5.72. The van der Waals surface area contributed by atoms with Gasteiger partial charge in [0.25, 0.3) is 10.0 Å². The first-order valence-electron chi connectivity index (χ1n) is 8.76. The molecule has 2 aromatic rings. The molecule has 3 rings (SSSR count). The summed E-state index contributed by atoms with van der Waals surface area (Å²) in [6, 6.07) is 12.8. The largest absolute Gasteiger partial charge is 0.497 e. The van der Waals surface area contributed by atoms with Crippen molar-refractivity contribution in [2.75, 3.05) is 20.7 Å². The van der Waals surface area contributed by atoms with Crippen LogP contribution in [0.3, 0.4) is 0 Å². The van der Waals surface area contributed by atoms with E-state index in [4.69, 9.17) is 9.47 Å². The van der Waals surface area contributed by atoms with E-state index < -0.39 is 22.1 Å². The molecule has 0 spiro atoms. The summed E-state index contributed by atoms with van der Waals surface area (Å²) in [7, 11) is -0.725. The van der Waals surface area contributed by atoms with E-state index in [2.05, 4.69) is 4.40 Å². The molecule has 0 saturated heterocycles. The molecule has 1 heterocycles. The normalized spacial score (nSPS) is 15.1. The minimum Gasteiger partial charge on any atom is -0.497 e. The molecule has 8 nitrogen and oxygen atoms in total. The second-order valence-electron chi connectivity index (χ2n) is 6.47. The van der Waals surface area contributed by atoms with Crippen molar-refractivity contribution in [3.63, 3.8) is 0 Å². The second-order valence-corrected chi connectivity index (χ2v) is 8.04. The summed E-state index contributed by atoms with van der Waals surface area (Å²) in [6.45, 7) is 1.22. The fourth-order valence-corrected chi connectivity index (χ4v) is 4.16. The maximum Gasteiger partial charge on any atom is 0.326 e. The zero-order valence-electron chi connectivity index (χ0n) is 16.2. The number of likely N-dealkylation sites (N-methyl/N-ethyl adjacent to an activating group) is 1. The first-order valence-corrected chi connectivity index (χ1v) is 10.2. The van der Waals surface area contributed by atoms with Crippen molar-refractivity contribution in [2.45, 2.75) is 17.9 Å². The standard InChI is InChI=1S/C20H20N2O6S/c1-13(19(24)14-8-10-15(27-3)11-9-14)28-18(23)12-22(2)20-16-6-4-5-7-17(16)29(25,26)21-20/h4-11,13H,12H2,1-3H3/t13-/m1/s1. The Morgan fingerprint density at radius 1 is 1.10 bits per heavy atom. The lowest BCUT2D eigenvalue weighted by Gasteiger charge is -2.19. The van der Waals surface area contributed by atoms with Gasteiger partial charge in [-0.2, -0.15) is 8.42 Å². The van der Waals surface area contributed by atoms with Crippen LogP contribution in [0.4, 0.5) is 0 Å². The SMILES string of the molecule is COc1ccc(C(=O)[C@@H](C)OC(=O)CN(C)C2=NS(=O)(=O)c3ccccc32)cc1. The molecule has 9 heteroatoms. The van der Waals surface area contributed by atoms with Crippen LogP contribution in [0, 0.1) is 0 Å². The van der Waals surface area contributed by atoms with Gasteiger partial charge in [0.2, 0.25) is 5.78 Å². The lowest BCUT2D eigenvalue weighted by Crippen LogP contribution is -2.35. The van der Waals surface area contributed by atoms with E-state index in [1.807, 2.05) is 0 Å². The van der Waals surface area contributed by atoms with Gasteiger partial charge < -0.3 is 14.4 Å². The highest BCUT2D eigenvalue weighted by Crippen LogP contribution is 2.26. The Hall–Kier alpha value is -3.20. The van der Waals surface area contributed by atoms with E-state index in [1.54, 1.807) is 42.5 Å². The molecule has 0 bridgehead atoms. The molecule has 0 N–H and O–H groups in total. The fraction of sp³-hybridized carbons (Fsp3) is 0.250. The Labute approximate surface area is 168 Å². The minimum atomic E-state index is -3.78. The van der Waals surface area contributed by atoms with Crippen LogP contribution in [0.2, 0.25) is 0 Å². The number of esters is 1. The first-order chi connectivity index (χ1) is 13.7. The maximum atomic E-state index is 12.4. The molecule has 1 atom stereocenters. The predicted octanol–water partition coefficient (Wildman–Crippen LogP) is 1.89. The average Bonchev–Trinajstić information content (AvgIpc) is 2.99. The van der Waals surface area contributed by atoms with Crippen LogP contribution in [0.15, 0.2) is 57.8 Å². The van der Waals surface area contributed by atoms with Gasteiger partial charge in [0, 0.05) is 18.2 Å². The number of hydrogen-bond donors (Lipinski definition) is 0. The molecule has 0 fully saturated rings. The third kappa shape index (κ3) is 4.29. The van der Waals surface area contributed by atoms with Crippen LogP contribution in [0.1, 0.15) is 22.8 Å². The van der Waals surface area contributed by atoms with Crippen LogP contribution in [0.5, 0.6) is 5.75 Å². The summed E-state index contributed by atoms with van der Waals surface area (Å²) in [5.41, 5.74) is 0.810. The van der Waals surface area contributed by atoms with Crippen molar-refractivity contribution < 1.29 is 27.5 Å². The number of benzene rings is 2. The smallest absolute Gasteiger partial charge is 0.326 e. The monoisotopic (exact) mass is 416 g/mol. The summed E-state index contributed by atoms with van der Waals surface area (Å²) in [5, 5.41) is 0. The average molecular weight is 416 g/mol. The minimum absolute atomic E-state index is 0.0956. The molecule has 1 aliphatic heterocycles. The number of methoxy groups -OCH3 is 1. The van der Waals surface area contributed by atoms with Gasteiger partial charge in [0.1, 0.15) is 17.2 Å². The molecule has 0 radical (unpaired) electrons. The number of fused-ring (bicyclic) bond motifs is 1. The molecular formula is C20H20N2O6S. The molecule has 0 aromatic heterocycles. The Balaban J connectivity index is 1.65. The van der Waals surface area contributed by atoms with Gasteiger partial charge in [-0.15, -0.1) is 4.40 Å². The Bertz CT molecular complexity index is 1080. The number of Topliss-reactive ketones (excluding diaryl/α,β-unsaturated/α-hetero) is 1. The van der Waals surface area contributed by atoms with E-state index >= 15 is 0 Å². The van der Waals surface area contributed by atoms with Crippen LogP contribution >= 0.6 is 0 Å². The number of sulfonamides is 1. The van der Waals surface area contributed by atoms with Gasteiger partial charge in [0.15, 0.2) is 11.9 Å². The van der Waals surface area contributed by atoms with Crippen molar-refractivity contribution in [3.8, 4) is 5.75 Å². The number of carbonyl (C=O) groups is 2. The number of hydrogen-bond acceptors (Lipinski definition) is 7. The highest BCUT2D eigenvalue weighted by molar-refractivity contribution is 7.90. The quantitative estimate of drug-likeness (QED) is 0.523. The van der Waals surface area contributed by atoms with E-state index in [-0.39, 0.29) is 23.1 Å². The molecule has 29 heavy (non-hydrogen) atoms. The van der Waals surface area contributed by atoms with Gasteiger partial charge >= 0.3 is 5.97 Å². The van der Waals surface area contributed by atoms with E-state index in [0.717, 1.165) is 0 Å². The summed E-state index contributed by atoms with van der Waals surface area (Å²) in [5.74, 6) is -0.256. The van der Waals surface area contributed by atoms with Crippen molar-refractivity contribution in [2.24, 2.45) is 4.40 Å². The Kier molecular flexibility index (Phi) is 5.69. The van der Waals surface area contributed by atoms with Crippen molar-refractivity contribution >= 4 is 27.6 Å². The van der Waals surface area contributed by atoms with Crippen molar-refractivity contribution in [1.29, 1.82) is 0 Å². The molecule has 152 valence electrons. The van der Waals surface area contributed by atoms with Crippen LogP contribution in [0.25, 0.3) is 0 Å². The van der Waals surface area contributed by atoms with Gasteiger partial charge in [-0.25, -0.2) is 0 Å². The zero-order valence-corrected chi connectivity index (χ0v) is 17.0. The van der Waals surface area contributed by atoms with Crippen LogP contribution in [-0.4, -0.2) is 57.7 Å². The number of rotatable bonds is 6. The highest BCUT2D eigenvalue weighted by Gasteiger charge is 2.31. The Morgan fingerprint density at radius 2 is 1.76 bits per heavy atom. The summed E-state index contributed by atoms with van der Waals surface area (Å²) < 4.78 is 38.3. The summed E-state index contributed by atoms with van der Waals surface area (Å²) in [4.78, 5) is 26.2. The van der Waals surface area contributed by atoms with Gasteiger partial charge in [-0.1, -0.05) is 12.1 Å². The third-order valence-electron chi connectivity index (χ3n) is 4.39. The zero-order chi connectivity index (χ0) is 21.2. The van der Waals surface area contributed by atoms with Crippen LogP contribution in [-0.2, 0) is 19.6 Å². The number of ketones is 1. The van der Waals surface area contributed by atoms with E-state index in [9.17, 15) is 18.0 Å². The van der Waals surface area contributed by atoms with Gasteiger partial charge in [0.05, 0.1) is 7.11 Å². The maximum absolute atomic E-state index is 12.4. The molecule has 2 aromatic carbocycles.